The zero-order valence-electron chi connectivity index (χ0n) is 18.2. The molecule has 1 N–H and O–H groups in total. The van der Waals surface area contributed by atoms with Crippen molar-refractivity contribution in [3.8, 4) is 5.75 Å². The number of amides is 2. The molecule has 9 heteroatoms. The molecule has 0 spiro atoms. The minimum Gasteiger partial charge on any atom is -0.497 e. The van der Waals surface area contributed by atoms with E-state index in [9.17, 15) is 9.59 Å². The van der Waals surface area contributed by atoms with E-state index in [1.54, 1.807) is 72.7 Å². The van der Waals surface area contributed by atoms with Crippen molar-refractivity contribution in [2.75, 3.05) is 12.4 Å². The van der Waals surface area contributed by atoms with Crippen LogP contribution in [0.5, 0.6) is 5.75 Å². The largest absolute Gasteiger partial charge is 0.497 e. The molecule has 4 rings (SSSR count). The average Bonchev–Trinajstić information content (AvgIpc) is 2.83. The first kappa shape index (κ1) is 24.1. The molecule has 174 valence electrons. The van der Waals surface area contributed by atoms with Gasteiger partial charge in [-0.15, -0.1) is 0 Å². The summed E-state index contributed by atoms with van der Waals surface area (Å²) >= 11 is 13.3. The van der Waals surface area contributed by atoms with Crippen LogP contribution in [0.2, 0.25) is 10.0 Å². The summed E-state index contributed by atoms with van der Waals surface area (Å²) in [6.45, 7) is 0.320. The molecule has 0 radical (unpaired) electrons. The van der Waals surface area contributed by atoms with Gasteiger partial charge in [0.05, 0.1) is 19.3 Å². The molecule has 1 heterocycles. The second-order valence-electron chi connectivity index (χ2n) is 7.51. The third kappa shape index (κ3) is 6.11. The highest BCUT2D eigenvalue weighted by Gasteiger charge is 2.36. The Hall–Kier alpha value is -3.00. The fourth-order valence-electron chi connectivity index (χ4n) is 3.33. The minimum absolute atomic E-state index is 0.0479. The summed E-state index contributed by atoms with van der Waals surface area (Å²) in [6.07, 6.45) is 0.0479. The standard InChI is InChI=1S/C25H21Cl2N3O3S/c1-33-21-11-9-19(10-12-21)29-25-30(15-16-5-7-17(26)8-6-16)23(31)14-22(34-25)24(32)28-20-4-2-3-18(27)13-20/h2-13,22H,14-15H2,1H3,(H,28,32). The maximum atomic E-state index is 13.2. The van der Waals surface area contributed by atoms with Crippen molar-refractivity contribution in [3.05, 3.63) is 88.4 Å². The van der Waals surface area contributed by atoms with Gasteiger partial charge in [0.15, 0.2) is 5.17 Å². The topological polar surface area (TPSA) is 71.0 Å². The van der Waals surface area contributed by atoms with E-state index in [0.717, 1.165) is 5.56 Å². The van der Waals surface area contributed by atoms with Crippen LogP contribution in [0.3, 0.4) is 0 Å². The Kier molecular flexibility index (Phi) is 7.77. The van der Waals surface area contributed by atoms with Crippen LogP contribution in [0.4, 0.5) is 11.4 Å². The Bertz CT molecular complexity index is 1220. The normalized spacial score (nSPS) is 17.0. The van der Waals surface area contributed by atoms with Crippen LogP contribution < -0.4 is 10.1 Å². The summed E-state index contributed by atoms with van der Waals surface area (Å²) < 4.78 is 5.21. The number of carbonyl (C=O) groups is 2. The molecule has 0 aromatic heterocycles. The molecule has 2 amide bonds. The second-order valence-corrected chi connectivity index (χ2v) is 9.55. The number of rotatable bonds is 6. The fraction of sp³-hybridized carbons (Fsp3) is 0.160. The molecule has 1 aliphatic rings. The molecule has 1 fully saturated rings. The lowest BCUT2D eigenvalue weighted by atomic mass is 10.2. The van der Waals surface area contributed by atoms with Gasteiger partial charge in [-0.25, -0.2) is 4.99 Å². The SMILES string of the molecule is COc1ccc(N=C2SC(C(=O)Nc3cccc(Cl)c3)CC(=O)N2Cc2ccc(Cl)cc2)cc1. The Labute approximate surface area is 211 Å². The highest BCUT2D eigenvalue weighted by atomic mass is 35.5. The predicted molar refractivity (Wildman–Crippen MR) is 138 cm³/mol. The van der Waals surface area contributed by atoms with Crippen molar-refractivity contribution in [1.82, 2.24) is 4.90 Å². The van der Waals surface area contributed by atoms with Gasteiger partial charge in [-0.1, -0.05) is 53.2 Å². The highest BCUT2D eigenvalue weighted by Crippen LogP contribution is 2.32. The van der Waals surface area contributed by atoms with E-state index in [1.807, 2.05) is 12.1 Å². The van der Waals surface area contributed by atoms with Gasteiger partial charge in [0, 0.05) is 22.2 Å². The summed E-state index contributed by atoms with van der Waals surface area (Å²) in [7, 11) is 1.59. The van der Waals surface area contributed by atoms with Gasteiger partial charge in [-0.2, -0.15) is 0 Å². The number of methoxy groups -OCH3 is 1. The van der Waals surface area contributed by atoms with Gasteiger partial charge < -0.3 is 10.1 Å². The average molecular weight is 514 g/mol. The van der Waals surface area contributed by atoms with Gasteiger partial charge in [0.25, 0.3) is 0 Å². The fourth-order valence-corrected chi connectivity index (χ4v) is 4.74. The number of thioether (sulfide) groups is 1. The van der Waals surface area contributed by atoms with Crippen molar-refractivity contribution in [1.29, 1.82) is 0 Å². The Morgan fingerprint density at radius 1 is 1.09 bits per heavy atom. The summed E-state index contributed by atoms with van der Waals surface area (Å²) in [5.74, 6) is 0.231. The third-order valence-electron chi connectivity index (χ3n) is 5.08. The van der Waals surface area contributed by atoms with Gasteiger partial charge in [0.2, 0.25) is 11.8 Å². The number of amidine groups is 1. The van der Waals surface area contributed by atoms with Gasteiger partial charge >= 0.3 is 0 Å². The van der Waals surface area contributed by atoms with Crippen LogP contribution in [0.25, 0.3) is 0 Å². The molecule has 3 aromatic carbocycles. The van der Waals surface area contributed by atoms with Crippen LogP contribution >= 0.6 is 35.0 Å². The Balaban J connectivity index is 1.60. The van der Waals surface area contributed by atoms with Crippen molar-refractivity contribution in [3.63, 3.8) is 0 Å². The number of benzene rings is 3. The van der Waals surface area contributed by atoms with E-state index in [1.165, 1.54) is 11.8 Å². The van der Waals surface area contributed by atoms with Gasteiger partial charge in [0.1, 0.15) is 11.0 Å². The number of hydrogen-bond donors (Lipinski definition) is 1. The molecule has 3 aromatic rings. The summed E-state index contributed by atoms with van der Waals surface area (Å²) in [5.41, 5.74) is 2.12. The van der Waals surface area contributed by atoms with Gasteiger partial charge in [-0.3, -0.25) is 14.5 Å². The zero-order chi connectivity index (χ0) is 24.1. The smallest absolute Gasteiger partial charge is 0.238 e. The van der Waals surface area contributed by atoms with Gasteiger partial charge in [-0.05, 0) is 60.2 Å². The van der Waals surface area contributed by atoms with Crippen LogP contribution in [-0.2, 0) is 16.1 Å². The van der Waals surface area contributed by atoms with Crippen LogP contribution in [0, 0.1) is 0 Å². The molecule has 1 aliphatic heterocycles. The van der Waals surface area contributed by atoms with Crippen LogP contribution in [0.1, 0.15) is 12.0 Å². The molecule has 0 bridgehead atoms. The van der Waals surface area contributed by atoms with Crippen molar-refractivity contribution in [2.45, 2.75) is 18.2 Å². The van der Waals surface area contributed by atoms with E-state index in [0.29, 0.717) is 38.9 Å². The number of ether oxygens (including phenoxy) is 1. The maximum absolute atomic E-state index is 13.2. The van der Waals surface area contributed by atoms with E-state index < -0.39 is 5.25 Å². The molecule has 0 saturated carbocycles. The quantitative estimate of drug-likeness (QED) is 0.428. The van der Waals surface area contributed by atoms with Crippen LogP contribution in [0.15, 0.2) is 77.8 Å². The maximum Gasteiger partial charge on any atom is 0.238 e. The third-order valence-corrected chi connectivity index (χ3v) is 6.75. The first-order valence-electron chi connectivity index (χ1n) is 10.4. The molecule has 0 aliphatic carbocycles. The molecule has 1 saturated heterocycles. The molecule has 1 atom stereocenters. The van der Waals surface area contributed by atoms with E-state index in [4.69, 9.17) is 32.9 Å². The number of nitrogens with zero attached hydrogens (tertiary/aromatic N) is 2. The minimum atomic E-state index is -0.634. The highest BCUT2D eigenvalue weighted by molar-refractivity contribution is 8.15. The van der Waals surface area contributed by atoms with Crippen molar-refractivity contribution >= 4 is 63.3 Å². The molecule has 34 heavy (non-hydrogen) atoms. The zero-order valence-corrected chi connectivity index (χ0v) is 20.5. The monoisotopic (exact) mass is 513 g/mol. The van der Waals surface area contributed by atoms with Crippen molar-refractivity contribution in [2.24, 2.45) is 4.99 Å². The first-order chi connectivity index (χ1) is 16.4. The number of nitrogens with one attached hydrogen (secondary N) is 1. The number of aliphatic imine (C=N–C) groups is 1. The number of anilines is 1. The molecule has 1 unspecified atom stereocenters. The molecular formula is C25H21Cl2N3O3S. The first-order valence-corrected chi connectivity index (χ1v) is 12.1. The second kappa shape index (κ2) is 11.0. The Morgan fingerprint density at radius 3 is 2.50 bits per heavy atom. The van der Waals surface area contributed by atoms with Crippen molar-refractivity contribution < 1.29 is 14.3 Å². The summed E-state index contributed by atoms with van der Waals surface area (Å²) in [4.78, 5) is 32.4. The van der Waals surface area contributed by atoms with E-state index >= 15 is 0 Å². The lowest BCUT2D eigenvalue weighted by molar-refractivity contribution is -0.129. The Morgan fingerprint density at radius 2 is 1.82 bits per heavy atom. The lowest BCUT2D eigenvalue weighted by Crippen LogP contribution is -2.44. The summed E-state index contributed by atoms with van der Waals surface area (Å²) in [5, 5.41) is 3.79. The number of halogens is 2. The molecule has 6 nitrogen and oxygen atoms in total. The molecular weight excluding hydrogens is 493 g/mol. The predicted octanol–water partition coefficient (Wildman–Crippen LogP) is 6.16. The lowest BCUT2D eigenvalue weighted by Gasteiger charge is -2.32. The van der Waals surface area contributed by atoms with E-state index in [-0.39, 0.29) is 18.2 Å². The van der Waals surface area contributed by atoms with Crippen LogP contribution in [-0.4, -0.2) is 34.2 Å². The number of hydrogen-bond acceptors (Lipinski definition) is 5. The number of carbonyl (C=O) groups excluding carboxylic acids is 2. The summed E-state index contributed by atoms with van der Waals surface area (Å²) in [6, 6.07) is 21.4. The van der Waals surface area contributed by atoms with E-state index in [2.05, 4.69) is 5.32 Å².